The van der Waals surface area contributed by atoms with Gasteiger partial charge in [0.2, 0.25) is 10.4 Å². The molecule has 6 heteroatoms. The molecule has 0 bridgehead atoms. The summed E-state index contributed by atoms with van der Waals surface area (Å²) in [6.07, 6.45) is 19.6. The summed E-state index contributed by atoms with van der Waals surface area (Å²) < 4.78 is 36.5. The maximum absolute atomic E-state index is 10.7. The third-order valence-electron chi connectivity index (χ3n) is 4.88. The third kappa shape index (κ3) is 23.5. The number of rotatable bonds is 19. The van der Waals surface area contributed by atoms with Crippen molar-refractivity contribution in [3.8, 4) is 0 Å². The fourth-order valence-corrected chi connectivity index (χ4v) is 3.63. The van der Waals surface area contributed by atoms with Crippen LogP contribution in [0.2, 0.25) is 0 Å². The molecule has 0 aromatic heterocycles. The molecular weight excluding hydrogens is 375 g/mol. The normalized spacial score (nSPS) is 12.7. The van der Waals surface area contributed by atoms with Gasteiger partial charge in [-0.3, -0.25) is 4.18 Å². The predicted molar refractivity (Wildman–Crippen MR) is 104 cm³/mol. The van der Waals surface area contributed by atoms with Crippen LogP contribution in [0.4, 0.5) is 0 Å². The number of hydrogen-bond acceptors (Lipinski definition) is 4. The summed E-state index contributed by atoms with van der Waals surface area (Å²) in [6, 6.07) is 0. The Hall–Kier alpha value is 1.51. The van der Waals surface area contributed by atoms with Crippen molar-refractivity contribution in [1.82, 2.24) is 0 Å². The van der Waals surface area contributed by atoms with Crippen LogP contribution in [0.15, 0.2) is 0 Å². The van der Waals surface area contributed by atoms with E-state index in [1.807, 2.05) is 0 Å². The molecule has 0 aromatic carbocycles. The quantitative estimate of drug-likeness (QED) is 0.140. The van der Waals surface area contributed by atoms with E-state index < -0.39 is 10.4 Å². The van der Waals surface area contributed by atoms with Crippen molar-refractivity contribution in [2.75, 3.05) is 6.61 Å². The van der Waals surface area contributed by atoms with E-state index in [-0.39, 0.29) is 63.9 Å². The van der Waals surface area contributed by atoms with E-state index in [2.05, 4.69) is 18.0 Å². The zero-order valence-electron chi connectivity index (χ0n) is 17.6. The van der Waals surface area contributed by atoms with Crippen molar-refractivity contribution in [3.05, 3.63) is 0 Å². The summed E-state index contributed by atoms with van der Waals surface area (Å²) in [5.41, 5.74) is 0. The minimum absolute atomic E-state index is 0. The Morgan fingerprint density at radius 1 is 0.692 bits per heavy atom. The van der Waals surface area contributed by atoms with Gasteiger partial charge in [0, 0.05) is 0 Å². The van der Waals surface area contributed by atoms with Gasteiger partial charge in [-0.15, -0.1) is 0 Å². The van der Waals surface area contributed by atoms with Gasteiger partial charge in [-0.05, 0) is 18.8 Å². The average Bonchev–Trinajstić information content (AvgIpc) is 2.56. The molecule has 0 aliphatic heterocycles. The molecule has 1 atom stereocenters. The van der Waals surface area contributed by atoms with Crippen LogP contribution in [0.1, 0.15) is 117 Å². The van der Waals surface area contributed by atoms with Crippen LogP contribution in [0.25, 0.3) is 0 Å². The van der Waals surface area contributed by atoms with Crippen molar-refractivity contribution in [2.45, 2.75) is 117 Å². The molecule has 0 radical (unpaired) electrons. The maximum Gasteiger partial charge on any atom is 1.00 e. The summed E-state index contributed by atoms with van der Waals surface area (Å²) in [6.45, 7) is 4.48. The smallest absolute Gasteiger partial charge is 0.726 e. The van der Waals surface area contributed by atoms with Gasteiger partial charge in [0.15, 0.2) is 0 Å². The first-order valence-corrected chi connectivity index (χ1v) is 11.9. The monoisotopic (exact) mass is 416 g/mol. The average molecular weight is 417 g/mol. The number of hydrogen-bond donors (Lipinski definition) is 0. The Balaban J connectivity index is 0. The molecule has 0 spiro atoms. The summed E-state index contributed by atoms with van der Waals surface area (Å²) in [7, 11) is -4.56. The molecule has 0 aliphatic rings. The van der Waals surface area contributed by atoms with E-state index in [4.69, 9.17) is 0 Å². The van der Waals surface area contributed by atoms with Gasteiger partial charge in [0.1, 0.15) is 0 Å². The van der Waals surface area contributed by atoms with Crippen LogP contribution in [0, 0.1) is 5.92 Å². The van der Waals surface area contributed by atoms with E-state index in [9.17, 15) is 13.0 Å². The van der Waals surface area contributed by atoms with Gasteiger partial charge < -0.3 is 4.55 Å². The Labute approximate surface area is 206 Å². The molecule has 0 rings (SSSR count). The minimum Gasteiger partial charge on any atom is -0.726 e. The van der Waals surface area contributed by atoms with Crippen LogP contribution in [0.3, 0.4) is 0 Å². The summed E-state index contributed by atoms with van der Waals surface area (Å²) in [5.74, 6) is 0.203. The van der Waals surface area contributed by atoms with Crippen LogP contribution in [-0.4, -0.2) is 19.6 Å². The molecule has 0 saturated heterocycles. The fourth-order valence-electron chi connectivity index (χ4n) is 3.27. The van der Waals surface area contributed by atoms with Crippen molar-refractivity contribution in [2.24, 2.45) is 5.92 Å². The summed E-state index contributed by atoms with van der Waals surface area (Å²) in [4.78, 5) is 0. The van der Waals surface area contributed by atoms with Crippen LogP contribution in [0.5, 0.6) is 0 Å². The Morgan fingerprint density at radius 3 is 1.42 bits per heavy atom. The Bertz CT molecular complexity index is 374. The van der Waals surface area contributed by atoms with E-state index in [1.54, 1.807) is 0 Å². The molecule has 0 fully saturated rings. The van der Waals surface area contributed by atoms with Gasteiger partial charge in [0.25, 0.3) is 0 Å². The summed E-state index contributed by atoms with van der Waals surface area (Å²) in [5, 5.41) is 0. The SMILES string of the molecule is CCCCCCCCCCCCC(CCCCCC)COS(=O)(=O)[O-].[K+]. The molecule has 1 unspecified atom stereocenters. The zero-order chi connectivity index (χ0) is 18.8. The van der Waals surface area contributed by atoms with Crippen LogP contribution >= 0.6 is 0 Å². The topological polar surface area (TPSA) is 66.4 Å². The largest absolute Gasteiger partial charge is 1.00 e. The molecule has 0 aliphatic carbocycles. The standard InChI is InChI=1S/C20H42O4S.K/c1-3-5-7-9-10-11-12-13-14-16-18-20(17-15-8-6-4-2)19-24-25(21,22)23;/h20H,3-19H2,1-2H3,(H,21,22,23);/q;+1/p-1. The van der Waals surface area contributed by atoms with Crippen molar-refractivity contribution >= 4 is 10.4 Å². The van der Waals surface area contributed by atoms with Gasteiger partial charge in [-0.25, -0.2) is 8.42 Å². The molecule has 0 N–H and O–H groups in total. The molecule has 4 nitrogen and oxygen atoms in total. The molecular formula is C20H41KO4S. The van der Waals surface area contributed by atoms with Gasteiger partial charge in [-0.1, -0.05) is 104 Å². The molecule has 152 valence electrons. The summed E-state index contributed by atoms with van der Waals surface area (Å²) >= 11 is 0. The third-order valence-corrected chi connectivity index (χ3v) is 5.30. The van der Waals surface area contributed by atoms with Crippen molar-refractivity contribution in [1.29, 1.82) is 0 Å². The van der Waals surface area contributed by atoms with Crippen LogP contribution in [-0.2, 0) is 14.6 Å². The predicted octanol–water partition coefficient (Wildman–Crippen LogP) is 3.36. The molecule has 0 aromatic rings. The van der Waals surface area contributed by atoms with E-state index >= 15 is 0 Å². The second-order valence-corrected chi connectivity index (χ2v) is 8.43. The zero-order valence-corrected chi connectivity index (χ0v) is 21.6. The first kappa shape index (κ1) is 29.7. The van der Waals surface area contributed by atoms with Crippen molar-refractivity contribution in [3.63, 3.8) is 0 Å². The van der Waals surface area contributed by atoms with E-state index in [0.717, 1.165) is 25.7 Å². The van der Waals surface area contributed by atoms with Gasteiger partial charge in [0.05, 0.1) is 6.61 Å². The van der Waals surface area contributed by atoms with Crippen molar-refractivity contribution < 1.29 is 68.5 Å². The van der Waals surface area contributed by atoms with Gasteiger partial charge >= 0.3 is 51.4 Å². The van der Waals surface area contributed by atoms with Crippen LogP contribution < -0.4 is 51.4 Å². The molecule has 0 amide bonds. The maximum atomic E-state index is 10.7. The molecule has 26 heavy (non-hydrogen) atoms. The Kier molecular flexibility index (Phi) is 24.2. The van der Waals surface area contributed by atoms with Gasteiger partial charge in [-0.2, -0.15) is 0 Å². The Morgan fingerprint density at radius 2 is 1.04 bits per heavy atom. The molecule has 0 saturated carbocycles. The number of unbranched alkanes of at least 4 members (excludes halogenated alkanes) is 12. The van der Waals surface area contributed by atoms with E-state index in [0.29, 0.717) is 0 Å². The minimum atomic E-state index is -4.56. The second-order valence-electron chi connectivity index (χ2n) is 7.38. The first-order valence-electron chi connectivity index (χ1n) is 10.6. The first-order chi connectivity index (χ1) is 12.0. The molecule has 0 heterocycles. The van der Waals surface area contributed by atoms with E-state index in [1.165, 1.54) is 77.0 Å². The fraction of sp³-hybridized carbons (Fsp3) is 1.00. The second kappa shape index (κ2) is 21.2.